The van der Waals surface area contributed by atoms with Crippen LogP contribution in [0.4, 0.5) is 0 Å². The lowest BCUT2D eigenvalue weighted by Gasteiger charge is -2.44. The first-order valence-electron chi connectivity index (χ1n) is 6.96. The molecule has 0 radical (unpaired) electrons. The molecule has 1 atom stereocenters. The second kappa shape index (κ2) is 5.19. The van der Waals surface area contributed by atoms with Crippen molar-refractivity contribution in [2.24, 2.45) is 17.8 Å². The molecule has 1 amide bonds. The summed E-state index contributed by atoms with van der Waals surface area (Å²) in [6.07, 6.45) is 7.04. The van der Waals surface area contributed by atoms with Gasteiger partial charge in [0.25, 0.3) is 5.91 Å². The van der Waals surface area contributed by atoms with Crippen LogP contribution in [0.2, 0.25) is 0 Å². The molecule has 2 fully saturated rings. The molecule has 2 rings (SSSR count). The van der Waals surface area contributed by atoms with E-state index in [1.165, 1.54) is 19.3 Å². The molecule has 0 heterocycles. The van der Waals surface area contributed by atoms with E-state index in [1.807, 2.05) is 13.8 Å². The molecule has 0 aliphatic heterocycles. The number of hydrogen-bond donors (Lipinski definition) is 1. The fraction of sp³-hybridized carbons (Fsp3) is 0.857. The predicted molar refractivity (Wildman–Crippen MR) is 66.5 cm³/mol. The van der Waals surface area contributed by atoms with Gasteiger partial charge in [-0.15, -0.1) is 0 Å². The summed E-state index contributed by atoms with van der Waals surface area (Å²) in [6, 6.07) is 0.265. The van der Waals surface area contributed by atoms with Crippen LogP contribution in [0.3, 0.4) is 0 Å². The minimum atomic E-state index is -0.364. The molecule has 3 nitrogen and oxygen atoms in total. The van der Waals surface area contributed by atoms with Crippen molar-refractivity contribution < 1.29 is 9.59 Å². The SMILES string of the molecule is CCC(C)C(=O)C(=O)NC1CC(C2CCC2)C1. The largest absolute Gasteiger partial charge is 0.347 e. The average molecular weight is 237 g/mol. The molecule has 0 bridgehead atoms. The molecule has 17 heavy (non-hydrogen) atoms. The fourth-order valence-electron chi connectivity index (χ4n) is 2.74. The Morgan fingerprint density at radius 1 is 1.24 bits per heavy atom. The highest BCUT2D eigenvalue weighted by molar-refractivity contribution is 6.36. The third-order valence-electron chi connectivity index (χ3n) is 4.61. The molecule has 2 aliphatic carbocycles. The normalized spacial score (nSPS) is 30.0. The van der Waals surface area contributed by atoms with Crippen molar-refractivity contribution in [2.45, 2.75) is 58.4 Å². The molecule has 96 valence electrons. The molecule has 0 aromatic carbocycles. The molecule has 3 heteroatoms. The molecule has 2 aliphatic rings. The van der Waals surface area contributed by atoms with E-state index < -0.39 is 0 Å². The van der Waals surface area contributed by atoms with Gasteiger partial charge >= 0.3 is 0 Å². The van der Waals surface area contributed by atoms with Crippen molar-refractivity contribution >= 4 is 11.7 Å². The monoisotopic (exact) mass is 237 g/mol. The van der Waals surface area contributed by atoms with Crippen LogP contribution in [0.5, 0.6) is 0 Å². The van der Waals surface area contributed by atoms with Crippen LogP contribution in [-0.4, -0.2) is 17.7 Å². The molecular weight excluding hydrogens is 214 g/mol. The topological polar surface area (TPSA) is 46.2 Å². The number of carbonyl (C=O) groups excluding carboxylic acids is 2. The van der Waals surface area contributed by atoms with E-state index in [-0.39, 0.29) is 23.7 Å². The number of amides is 1. The molecular formula is C14H23NO2. The molecule has 1 unspecified atom stereocenters. The third kappa shape index (κ3) is 2.70. The van der Waals surface area contributed by atoms with E-state index in [4.69, 9.17) is 0 Å². The number of nitrogens with one attached hydrogen (secondary N) is 1. The predicted octanol–water partition coefficient (Wildman–Crippen LogP) is 2.30. The minimum Gasteiger partial charge on any atom is -0.347 e. The number of hydrogen-bond acceptors (Lipinski definition) is 2. The lowest BCUT2D eigenvalue weighted by molar-refractivity contribution is -0.141. The smallest absolute Gasteiger partial charge is 0.287 e. The highest BCUT2D eigenvalue weighted by Crippen LogP contribution is 2.43. The average Bonchev–Trinajstić information content (AvgIpc) is 2.21. The van der Waals surface area contributed by atoms with Gasteiger partial charge in [0.2, 0.25) is 5.78 Å². The molecule has 0 spiro atoms. The van der Waals surface area contributed by atoms with Crippen LogP contribution in [0.25, 0.3) is 0 Å². The van der Waals surface area contributed by atoms with Crippen LogP contribution in [-0.2, 0) is 9.59 Å². The van der Waals surface area contributed by atoms with Crippen LogP contribution < -0.4 is 5.32 Å². The summed E-state index contributed by atoms with van der Waals surface area (Å²) in [5, 5.41) is 2.88. The molecule has 1 N–H and O–H groups in total. The van der Waals surface area contributed by atoms with Crippen LogP contribution >= 0.6 is 0 Å². The van der Waals surface area contributed by atoms with Crippen LogP contribution in [0.1, 0.15) is 52.4 Å². The van der Waals surface area contributed by atoms with Gasteiger partial charge in [-0.05, 0) is 31.1 Å². The number of rotatable bonds is 5. The second-order valence-electron chi connectivity index (χ2n) is 5.77. The molecule has 0 saturated heterocycles. The van der Waals surface area contributed by atoms with Crippen LogP contribution in [0, 0.1) is 17.8 Å². The summed E-state index contributed by atoms with van der Waals surface area (Å²) in [5.74, 6) is 0.967. The Kier molecular flexibility index (Phi) is 3.85. The minimum absolute atomic E-state index is 0.141. The lowest BCUT2D eigenvalue weighted by atomic mass is 9.65. The van der Waals surface area contributed by atoms with Crippen molar-refractivity contribution in [1.29, 1.82) is 0 Å². The van der Waals surface area contributed by atoms with Gasteiger partial charge in [0.05, 0.1) is 0 Å². The zero-order valence-corrected chi connectivity index (χ0v) is 10.9. The third-order valence-corrected chi connectivity index (χ3v) is 4.61. The Bertz CT molecular complexity index is 303. The molecule has 0 aromatic heterocycles. The van der Waals surface area contributed by atoms with Gasteiger partial charge in [0.1, 0.15) is 0 Å². The van der Waals surface area contributed by atoms with Crippen molar-refractivity contribution in [3.63, 3.8) is 0 Å². The maximum atomic E-state index is 11.6. The lowest BCUT2D eigenvalue weighted by Crippen LogP contribution is -2.50. The van der Waals surface area contributed by atoms with Crippen molar-refractivity contribution in [3.8, 4) is 0 Å². The summed E-state index contributed by atoms with van der Waals surface area (Å²) in [4.78, 5) is 23.3. The standard InChI is InChI=1S/C14H23NO2/c1-3-9(2)13(16)14(17)15-12-7-11(8-12)10-5-4-6-10/h9-12H,3-8H2,1-2H3,(H,15,17). The van der Waals surface area contributed by atoms with Gasteiger partial charge in [0.15, 0.2) is 0 Å². The maximum Gasteiger partial charge on any atom is 0.287 e. The summed E-state index contributed by atoms with van der Waals surface area (Å²) in [7, 11) is 0. The Morgan fingerprint density at radius 2 is 1.88 bits per heavy atom. The number of Topliss-reactive ketones (excluding diaryl/α,β-unsaturated/α-hetero) is 1. The van der Waals surface area contributed by atoms with Gasteiger partial charge in [0, 0.05) is 12.0 Å². The maximum absolute atomic E-state index is 11.6. The van der Waals surface area contributed by atoms with E-state index in [2.05, 4.69) is 5.32 Å². The van der Waals surface area contributed by atoms with Gasteiger partial charge < -0.3 is 5.32 Å². The Hall–Kier alpha value is -0.860. The number of carbonyl (C=O) groups is 2. The zero-order chi connectivity index (χ0) is 12.4. The summed E-state index contributed by atoms with van der Waals surface area (Å²) < 4.78 is 0. The highest BCUT2D eigenvalue weighted by Gasteiger charge is 2.38. The fourth-order valence-corrected chi connectivity index (χ4v) is 2.74. The van der Waals surface area contributed by atoms with E-state index in [9.17, 15) is 9.59 Å². The van der Waals surface area contributed by atoms with Gasteiger partial charge in [-0.3, -0.25) is 9.59 Å². The zero-order valence-electron chi connectivity index (χ0n) is 10.9. The van der Waals surface area contributed by atoms with Crippen molar-refractivity contribution in [3.05, 3.63) is 0 Å². The molecule has 0 aromatic rings. The van der Waals surface area contributed by atoms with Gasteiger partial charge in [-0.25, -0.2) is 0 Å². The highest BCUT2D eigenvalue weighted by atomic mass is 16.2. The van der Waals surface area contributed by atoms with Crippen LogP contribution in [0.15, 0.2) is 0 Å². The number of ketones is 1. The van der Waals surface area contributed by atoms with Crippen molar-refractivity contribution in [2.75, 3.05) is 0 Å². The first kappa shape index (κ1) is 12.6. The first-order chi connectivity index (χ1) is 8.11. The van der Waals surface area contributed by atoms with E-state index >= 15 is 0 Å². The Labute approximate surface area is 103 Å². The summed E-state index contributed by atoms with van der Waals surface area (Å²) >= 11 is 0. The summed E-state index contributed by atoms with van der Waals surface area (Å²) in [6.45, 7) is 3.76. The molecule has 2 saturated carbocycles. The van der Waals surface area contributed by atoms with E-state index in [0.29, 0.717) is 0 Å². The van der Waals surface area contributed by atoms with E-state index in [1.54, 1.807) is 0 Å². The van der Waals surface area contributed by atoms with Gasteiger partial charge in [-0.1, -0.05) is 33.1 Å². The Morgan fingerprint density at radius 3 is 2.35 bits per heavy atom. The van der Waals surface area contributed by atoms with Gasteiger partial charge in [-0.2, -0.15) is 0 Å². The first-order valence-corrected chi connectivity index (χ1v) is 6.96. The van der Waals surface area contributed by atoms with Crippen molar-refractivity contribution in [1.82, 2.24) is 5.32 Å². The second-order valence-corrected chi connectivity index (χ2v) is 5.77. The van der Waals surface area contributed by atoms with E-state index in [0.717, 1.165) is 31.1 Å². The quantitative estimate of drug-likeness (QED) is 0.746. The summed E-state index contributed by atoms with van der Waals surface area (Å²) in [5.41, 5.74) is 0. The Balaban J connectivity index is 1.68.